The summed E-state index contributed by atoms with van der Waals surface area (Å²) in [5.74, 6) is -4.79. The molecule has 0 saturated heterocycles. The average molecular weight is 418 g/mol. The highest BCUT2D eigenvalue weighted by Crippen LogP contribution is 2.04. The first kappa shape index (κ1) is 26.3. The number of carbonyl (C=O) groups is 5. The summed E-state index contributed by atoms with van der Waals surface area (Å²) in [6.45, 7) is 4.25. The number of hydrogen-bond acceptors (Lipinski definition) is 7. The number of nitrogens with one attached hydrogen (secondary N) is 3. The number of carbonyl (C=O) groups excluding carboxylic acids is 3. The van der Waals surface area contributed by atoms with E-state index in [-0.39, 0.29) is 25.2 Å². The monoisotopic (exact) mass is 418 g/mol. The van der Waals surface area contributed by atoms with Gasteiger partial charge in [0.2, 0.25) is 17.7 Å². The lowest BCUT2D eigenvalue weighted by Gasteiger charge is -2.23. The molecule has 0 spiro atoms. The lowest BCUT2D eigenvalue weighted by atomic mass is 10.0. The van der Waals surface area contributed by atoms with Gasteiger partial charge in [-0.15, -0.1) is 0 Å². The van der Waals surface area contributed by atoms with Gasteiger partial charge in [-0.2, -0.15) is 0 Å². The highest BCUT2D eigenvalue weighted by Gasteiger charge is 2.28. The number of carboxylic acids is 2. The van der Waals surface area contributed by atoms with Gasteiger partial charge in [0.05, 0.1) is 18.7 Å². The molecule has 0 heterocycles. The average Bonchev–Trinajstić information content (AvgIpc) is 2.60. The van der Waals surface area contributed by atoms with Crippen LogP contribution >= 0.6 is 0 Å². The summed E-state index contributed by atoms with van der Waals surface area (Å²) in [6.07, 6.45) is -1.64. The van der Waals surface area contributed by atoms with Gasteiger partial charge in [0.15, 0.2) is 0 Å². The molecule has 4 unspecified atom stereocenters. The van der Waals surface area contributed by atoms with Gasteiger partial charge in [-0.05, 0) is 25.7 Å². The fraction of sp³-hybridized carbons (Fsp3) is 0.706. The van der Waals surface area contributed by atoms with Gasteiger partial charge in [-0.1, -0.05) is 13.8 Å². The molecule has 0 radical (unpaired) electrons. The normalized spacial score (nSPS) is 15.0. The largest absolute Gasteiger partial charge is 0.481 e. The zero-order valence-electron chi connectivity index (χ0n) is 16.7. The van der Waals surface area contributed by atoms with E-state index in [1.54, 1.807) is 13.8 Å². The third-order valence-corrected chi connectivity index (χ3v) is 3.83. The van der Waals surface area contributed by atoms with Crippen LogP contribution in [0.2, 0.25) is 0 Å². The highest BCUT2D eigenvalue weighted by atomic mass is 16.4. The van der Waals surface area contributed by atoms with E-state index >= 15 is 0 Å². The molecule has 166 valence electrons. The molecule has 0 aromatic heterocycles. The van der Waals surface area contributed by atoms with E-state index in [1.165, 1.54) is 6.92 Å². The molecular weight excluding hydrogens is 388 g/mol. The predicted octanol–water partition coefficient (Wildman–Crippen LogP) is -2.22. The van der Waals surface area contributed by atoms with E-state index in [0.29, 0.717) is 0 Å². The molecule has 0 aromatic rings. The molecular formula is C17H30N4O8. The number of aliphatic hydroxyl groups is 1. The molecule has 12 heteroatoms. The van der Waals surface area contributed by atoms with Crippen molar-refractivity contribution in [2.45, 2.75) is 64.3 Å². The summed E-state index contributed by atoms with van der Waals surface area (Å²) in [6, 6.07) is -3.74. The molecule has 0 aliphatic heterocycles. The van der Waals surface area contributed by atoms with E-state index in [2.05, 4.69) is 16.0 Å². The Morgan fingerprint density at radius 1 is 0.966 bits per heavy atom. The van der Waals surface area contributed by atoms with Crippen LogP contribution in [0.15, 0.2) is 0 Å². The Morgan fingerprint density at radius 3 is 2.00 bits per heavy atom. The van der Waals surface area contributed by atoms with Crippen molar-refractivity contribution in [3.05, 3.63) is 0 Å². The van der Waals surface area contributed by atoms with Gasteiger partial charge in [0.1, 0.15) is 12.1 Å². The first-order valence-electron chi connectivity index (χ1n) is 9.10. The zero-order valence-corrected chi connectivity index (χ0v) is 16.7. The van der Waals surface area contributed by atoms with Crippen molar-refractivity contribution in [3.8, 4) is 0 Å². The maximum absolute atomic E-state index is 12.2. The van der Waals surface area contributed by atoms with E-state index < -0.39 is 60.4 Å². The van der Waals surface area contributed by atoms with E-state index in [0.717, 1.165) is 0 Å². The van der Waals surface area contributed by atoms with Gasteiger partial charge >= 0.3 is 11.9 Å². The summed E-state index contributed by atoms with van der Waals surface area (Å²) in [5, 5.41) is 34.1. The zero-order chi connectivity index (χ0) is 22.7. The molecule has 8 N–H and O–H groups in total. The maximum Gasteiger partial charge on any atom is 0.326 e. The lowest BCUT2D eigenvalue weighted by molar-refractivity contribution is -0.142. The number of rotatable bonds is 13. The Labute approximate surface area is 168 Å². The smallest absolute Gasteiger partial charge is 0.326 e. The Morgan fingerprint density at radius 2 is 1.55 bits per heavy atom. The van der Waals surface area contributed by atoms with Crippen LogP contribution in [0.25, 0.3) is 0 Å². The van der Waals surface area contributed by atoms with Crippen molar-refractivity contribution in [2.75, 3.05) is 6.54 Å². The number of amides is 3. The molecule has 4 atom stereocenters. The Balaban J connectivity index is 4.74. The van der Waals surface area contributed by atoms with Gasteiger partial charge < -0.3 is 37.0 Å². The summed E-state index contributed by atoms with van der Waals surface area (Å²) >= 11 is 0. The molecule has 0 rings (SSSR count). The SMILES string of the molecule is CC(C)CC(NC(=O)CNC(=O)C(NC(=O)C(N)CCC(=O)O)C(C)O)C(=O)O. The standard InChI is InChI=1S/C17H30N4O8/c1-8(2)6-11(17(28)29)20-12(23)7-19-16(27)14(9(3)22)21-15(26)10(18)4-5-13(24)25/h8-11,14,22H,4-7,18H2,1-3H3,(H,19,27)(H,20,23)(H,21,26)(H,24,25)(H,28,29). The van der Waals surface area contributed by atoms with Gasteiger partial charge in [-0.25, -0.2) is 4.79 Å². The number of aliphatic carboxylic acids is 2. The molecule has 0 fully saturated rings. The molecule has 0 bridgehead atoms. The Kier molecular flexibility index (Phi) is 11.5. The first-order chi connectivity index (χ1) is 13.3. The molecule has 0 aliphatic rings. The van der Waals surface area contributed by atoms with Crippen molar-refractivity contribution in [1.29, 1.82) is 0 Å². The number of carboxylic acid groups (broad SMARTS) is 2. The molecule has 3 amide bonds. The molecule has 12 nitrogen and oxygen atoms in total. The molecule has 0 aliphatic carbocycles. The fourth-order valence-corrected chi connectivity index (χ4v) is 2.29. The van der Waals surface area contributed by atoms with E-state index in [4.69, 9.17) is 15.9 Å². The van der Waals surface area contributed by atoms with Crippen molar-refractivity contribution < 1.29 is 39.3 Å². The van der Waals surface area contributed by atoms with Crippen molar-refractivity contribution in [1.82, 2.24) is 16.0 Å². The molecule has 0 saturated carbocycles. The van der Waals surface area contributed by atoms with Crippen LogP contribution in [0.4, 0.5) is 0 Å². The third kappa shape index (κ3) is 11.0. The number of nitrogens with two attached hydrogens (primary N) is 1. The van der Waals surface area contributed by atoms with Crippen molar-refractivity contribution >= 4 is 29.7 Å². The summed E-state index contributed by atoms with van der Waals surface area (Å²) in [5.41, 5.74) is 5.55. The fourth-order valence-electron chi connectivity index (χ4n) is 2.29. The molecule has 29 heavy (non-hydrogen) atoms. The van der Waals surface area contributed by atoms with E-state index in [1.807, 2.05) is 0 Å². The van der Waals surface area contributed by atoms with Crippen LogP contribution in [-0.4, -0.2) is 75.8 Å². The summed E-state index contributed by atoms with van der Waals surface area (Å²) < 4.78 is 0. The Hall–Kier alpha value is -2.73. The van der Waals surface area contributed by atoms with Crippen molar-refractivity contribution in [3.63, 3.8) is 0 Å². The van der Waals surface area contributed by atoms with Crippen molar-refractivity contribution in [2.24, 2.45) is 11.7 Å². The lowest BCUT2D eigenvalue weighted by Crippen LogP contribution is -2.57. The van der Waals surface area contributed by atoms with Gasteiger partial charge in [0.25, 0.3) is 0 Å². The van der Waals surface area contributed by atoms with Crippen LogP contribution in [0.3, 0.4) is 0 Å². The maximum atomic E-state index is 12.2. The quantitative estimate of drug-likeness (QED) is 0.172. The van der Waals surface area contributed by atoms with Crippen LogP contribution in [0.1, 0.15) is 40.0 Å². The van der Waals surface area contributed by atoms with E-state index in [9.17, 15) is 29.1 Å². The van der Waals surface area contributed by atoms with Crippen LogP contribution in [0.5, 0.6) is 0 Å². The van der Waals surface area contributed by atoms with Crippen LogP contribution in [-0.2, 0) is 24.0 Å². The number of hydrogen-bond donors (Lipinski definition) is 7. The second-order valence-corrected chi connectivity index (χ2v) is 7.07. The second-order valence-electron chi connectivity index (χ2n) is 7.07. The topological polar surface area (TPSA) is 208 Å². The highest BCUT2D eigenvalue weighted by molar-refractivity contribution is 5.93. The summed E-state index contributed by atoms with van der Waals surface area (Å²) in [7, 11) is 0. The van der Waals surface area contributed by atoms with Gasteiger partial charge in [0, 0.05) is 6.42 Å². The summed E-state index contributed by atoms with van der Waals surface area (Å²) in [4.78, 5) is 57.7. The van der Waals surface area contributed by atoms with Crippen LogP contribution in [0, 0.1) is 5.92 Å². The predicted molar refractivity (Wildman–Crippen MR) is 100 cm³/mol. The first-order valence-corrected chi connectivity index (χ1v) is 9.10. The Bertz CT molecular complexity index is 608. The molecule has 0 aromatic carbocycles. The number of aliphatic hydroxyl groups excluding tert-OH is 1. The second kappa shape index (κ2) is 12.7. The van der Waals surface area contributed by atoms with Crippen LogP contribution < -0.4 is 21.7 Å². The minimum atomic E-state index is -1.43. The minimum absolute atomic E-state index is 0.0196. The third-order valence-electron chi connectivity index (χ3n) is 3.83. The van der Waals surface area contributed by atoms with Gasteiger partial charge in [-0.3, -0.25) is 19.2 Å². The minimum Gasteiger partial charge on any atom is -0.481 e.